The Bertz CT molecular complexity index is 556. The van der Waals surface area contributed by atoms with Gasteiger partial charge in [-0.1, -0.05) is 35.9 Å². The van der Waals surface area contributed by atoms with Crippen LogP contribution in [0.15, 0.2) is 42.0 Å². The lowest BCUT2D eigenvalue weighted by Gasteiger charge is -2.36. The Kier molecular flexibility index (Phi) is 3.56. The first-order valence-electron chi connectivity index (χ1n) is 7.52. The molecule has 1 saturated carbocycles. The van der Waals surface area contributed by atoms with E-state index in [2.05, 4.69) is 12.1 Å². The second-order valence-corrected chi connectivity index (χ2v) is 6.01. The Labute approximate surface area is 119 Å². The van der Waals surface area contributed by atoms with Crippen molar-refractivity contribution < 1.29 is 9.59 Å². The Morgan fingerprint density at radius 2 is 1.70 bits per heavy atom. The minimum atomic E-state index is -0.397. The number of hydrogen-bond donors (Lipinski definition) is 0. The van der Waals surface area contributed by atoms with Crippen LogP contribution in [0.5, 0.6) is 0 Å². The molecule has 0 radical (unpaired) electrons. The van der Waals surface area contributed by atoms with Crippen LogP contribution in [-0.2, 0) is 16.0 Å². The summed E-state index contributed by atoms with van der Waals surface area (Å²) >= 11 is 0. The van der Waals surface area contributed by atoms with Gasteiger partial charge in [0, 0.05) is 12.8 Å². The summed E-state index contributed by atoms with van der Waals surface area (Å²) in [5.41, 5.74) is 1.90. The van der Waals surface area contributed by atoms with E-state index in [-0.39, 0.29) is 5.78 Å². The van der Waals surface area contributed by atoms with Crippen LogP contribution in [0.2, 0.25) is 0 Å². The third-order valence-electron chi connectivity index (χ3n) is 4.73. The molecule has 0 amide bonds. The van der Waals surface area contributed by atoms with Crippen LogP contribution < -0.4 is 0 Å². The van der Waals surface area contributed by atoms with Crippen LogP contribution in [0, 0.1) is 5.41 Å². The van der Waals surface area contributed by atoms with Gasteiger partial charge in [0.05, 0.1) is 5.41 Å². The number of benzene rings is 1. The molecule has 0 bridgehead atoms. The molecular weight excluding hydrogens is 248 g/mol. The molecule has 104 valence electrons. The first kappa shape index (κ1) is 13.3. The molecule has 1 atom stereocenters. The maximum Gasteiger partial charge on any atom is 0.155 e. The molecule has 1 unspecified atom stereocenters. The molecule has 2 nitrogen and oxygen atoms in total. The van der Waals surface area contributed by atoms with Crippen LogP contribution in [-0.4, -0.2) is 11.6 Å². The van der Waals surface area contributed by atoms with E-state index < -0.39 is 5.41 Å². The van der Waals surface area contributed by atoms with Crippen molar-refractivity contribution in [3.63, 3.8) is 0 Å². The van der Waals surface area contributed by atoms with E-state index in [1.54, 1.807) is 6.08 Å². The van der Waals surface area contributed by atoms with Gasteiger partial charge in [0.25, 0.3) is 0 Å². The highest BCUT2D eigenvalue weighted by atomic mass is 16.1. The third kappa shape index (κ3) is 2.35. The second kappa shape index (κ2) is 5.35. The van der Waals surface area contributed by atoms with E-state index >= 15 is 0 Å². The molecule has 0 saturated heterocycles. The van der Waals surface area contributed by atoms with Gasteiger partial charge in [-0.15, -0.1) is 0 Å². The zero-order chi connectivity index (χ0) is 14.0. The van der Waals surface area contributed by atoms with Crippen molar-refractivity contribution in [1.29, 1.82) is 0 Å². The molecule has 1 aromatic rings. The fourth-order valence-electron chi connectivity index (χ4n) is 3.62. The van der Waals surface area contributed by atoms with Crippen molar-refractivity contribution in [3.05, 3.63) is 47.5 Å². The number of allylic oxidation sites excluding steroid dienone is 2. The first-order chi connectivity index (χ1) is 9.71. The summed E-state index contributed by atoms with van der Waals surface area (Å²) in [5.74, 6) is 0.538. The molecule has 1 fully saturated rings. The van der Waals surface area contributed by atoms with E-state index in [9.17, 15) is 9.59 Å². The fraction of sp³-hybridized carbons (Fsp3) is 0.444. The predicted molar refractivity (Wildman–Crippen MR) is 78.4 cm³/mol. The lowest BCUT2D eigenvalue weighted by Crippen LogP contribution is -2.37. The van der Waals surface area contributed by atoms with Gasteiger partial charge in [0.2, 0.25) is 0 Å². The number of carbonyl (C=O) groups excluding carboxylic acids is 2. The molecule has 0 N–H and O–H groups in total. The minimum absolute atomic E-state index is 0.193. The van der Waals surface area contributed by atoms with Crippen molar-refractivity contribution in [2.24, 2.45) is 5.41 Å². The fourth-order valence-corrected chi connectivity index (χ4v) is 3.62. The van der Waals surface area contributed by atoms with E-state index in [1.807, 2.05) is 18.2 Å². The third-order valence-corrected chi connectivity index (χ3v) is 4.73. The Morgan fingerprint density at radius 1 is 0.950 bits per heavy atom. The van der Waals surface area contributed by atoms with Crippen molar-refractivity contribution in [2.45, 2.75) is 44.9 Å². The topological polar surface area (TPSA) is 34.1 Å². The Balaban J connectivity index is 2.01. The van der Waals surface area contributed by atoms with E-state index in [0.717, 1.165) is 31.3 Å². The maximum atomic E-state index is 12.7. The van der Waals surface area contributed by atoms with Crippen LogP contribution >= 0.6 is 0 Å². The lowest BCUT2D eigenvalue weighted by molar-refractivity contribution is -0.128. The van der Waals surface area contributed by atoms with Gasteiger partial charge < -0.3 is 0 Å². The number of Topliss-reactive ketones (excluding diaryl/α,β-unsaturated/α-hetero) is 1. The molecule has 0 aliphatic heterocycles. The van der Waals surface area contributed by atoms with Crippen molar-refractivity contribution in [1.82, 2.24) is 0 Å². The van der Waals surface area contributed by atoms with Gasteiger partial charge in [-0.05, 0) is 43.7 Å². The Hall–Kier alpha value is -1.70. The van der Waals surface area contributed by atoms with Crippen LogP contribution in [0.1, 0.15) is 44.1 Å². The summed E-state index contributed by atoms with van der Waals surface area (Å²) < 4.78 is 0. The smallest absolute Gasteiger partial charge is 0.155 e. The van der Waals surface area contributed by atoms with E-state index in [1.165, 1.54) is 5.56 Å². The lowest BCUT2D eigenvalue weighted by atomic mass is 9.65. The van der Waals surface area contributed by atoms with Crippen molar-refractivity contribution in [3.8, 4) is 0 Å². The van der Waals surface area contributed by atoms with Gasteiger partial charge >= 0.3 is 0 Å². The normalized spacial score (nSPS) is 26.7. The van der Waals surface area contributed by atoms with Gasteiger partial charge in [-0.25, -0.2) is 0 Å². The highest BCUT2D eigenvalue weighted by Crippen LogP contribution is 2.45. The first-order valence-corrected chi connectivity index (χ1v) is 7.52. The molecule has 20 heavy (non-hydrogen) atoms. The van der Waals surface area contributed by atoms with Gasteiger partial charge in [0.15, 0.2) is 5.78 Å². The van der Waals surface area contributed by atoms with Crippen molar-refractivity contribution in [2.75, 3.05) is 0 Å². The summed E-state index contributed by atoms with van der Waals surface area (Å²) in [6.07, 6.45) is 7.31. The molecule has 3 rings (SSSR count). The molecule has 2 heteroatoms. The number of rotatable bonds is 2. The number of ketones is 2. The highest BCUT2D eigenvalue weighted by Gasteiger charge is 2.44. The Morgan fingerprint density at radius 3 is 2.50 bits per heavy atom. The zero-order valence-corrected chi connectivity index (χ0v) is 11.7. The van der Waals surface area contributed by atoms with Gasteiger partial charge in [-0.2, -0.15) is 0 Å². The number of fused-ring (bicyclic) bond motifs is 1. The van der Waals surface area contributed by atoms with Crippen LogP contribution in [0.3, 0.4) is 0 Å². The summed E-state index contributed by atoms with van der Waals surface area (Å²) in [4.78, 5) is 24.5. The average Bonchev–Trinajstić information content (AvgIpc) is 2.61. The van der Waals surface area contributed by atoms with E-state index in [4.69, 9.17) is 0 Å². The molecule has 0 spiro atoms. The maximum absolute atomic E-state index is 12.7. The second-order valence-electron chi connectivity index (χ2n) is 6.01. The summed E-state index contributed by atoms with van der Waals surface area (Å²) in [6, 6.07) is 10.2. The molecule has 2 aliphatic carbocycles. The number of hydrogen-bond acceptors (Lipinski definition) is 2. The molecule has 0 aromatic heterocycles. The zero-order valence-electron chi connectivity index (χ0n) is 11.7. The van der Waals surface area contributed by atoms with Gasteiger partial charge in [-0.3, -0.25) is 9.59 Å². The minimum Gasteiger partial charge on any atom is -0.299 e. The van der Waals surface area contributed by atoms with Crippen molar-refractivity contribution >= 4 is 11.6 Å². The molecular formula is C18H20O2. The van der Waals surface area contributed by atoms with Crippen LogP contribution in [0.25, 0.3) is 0 Å². The summed E-state index contributed by atoms with van der Waals surface area (Å²) in [7, 11) is 0. The predicted octanol–water partition coefficient (Wildman–Crippen LogP) is 3.65. The van der Waals surface area contributed by atoms with Crippen LogP contribution in [0.4, 0.5) is 0 Å². The standard InChI is InChI=1S/C18H20O2/c19-16-10-11-18(13-14-6-2-1-3-7-14)15(12-16)8-4-5-9-17(18)20/h1-3,6-7,12H,4-5,8-11,13H2. The molecule has 1 aromatic carbocycles. The largest absolute Gasteiger partial charge is 0.299 e. The average molecular weight is 268 g/mol. The number of carbonyl (C=O) groups is 2. The monoisotopic (exact) mass is 268 g/mol. The molecule has 2 aliphatic rings. The van der Waals surface area contributed by atoms with Gasteiger partial charge in [0.1, 0.15) is 5.78 Å². The quantitative estimate of drug-likeness (QED) is 0.820. The summed E-state index contributed by atoms with van der Waals surface area (Å²) in [6.45, 7) is 0. The summed E-state index contributed by atoms with van der Waals surface area (Å²) in [5, 5.41) is 0. The highest BCUT2D eigenvalue weighted by molar-refractivity contribution is 5.97. The molecule has 0 heterocycles. The SMILES string of the molecule is O=C1C=C2CCCCC(=O)C2(Cc2ccccc2)CC1. The van der Waals surface area contributed by atoms with E-state index in [0.29, 0.717) is 25.0 Å².